The van der Waals surface area contributed by atoms with E-state index in [1.807, 2.05) is 37.3 Å². The van der Waals surface area contributed by atoms with Crippen LogP contribution in [0.2, 0.25) is 0 Å². The Kier molecular flexibility index (Phi) is 6.90. The molecule has 2 aromatic rings. The number of aryl methyl sites for hydroxylation is 1. The Bertz CT molecular complexity index is 821. The number of nitrogens with zero attached hydrogens (tertiary/aromatic N) is 1. The Labute approximate surface area is 155 Å². The highest BCUT2D eigenvalue weighted by Crippen LogP contribution is 2.14. The summed E-state index contributed by atoms with van der Waals surface area (Å²) in [5, 5.41) is 0. The van der Waals surface area contributed by atoms with Crippen LogP contribution < -0.4 is 10.5 Å². The number of amides is 1. The monoisotopic (exact) mass is 375 g/mol. The molecule has 0 radical (unpaired) electrons. The Morgan fingerprint density at radius 2 is 1.73 bits per heavy atom. The normalized spacial score (nSPS) is 12.6. The van der Waals surface area contributed by atoms with Gasteiger partial charge in [0, 0.05) is 32.6 Å². The van der Waals surface area contributed by atoms with Crippen LogP contribution in [0.25, 0.3) is 0 Å². The molecule has 7 heteroatoms. The van der Waals surface area contributed by atoms with Crippen molar-refractivity contribution in [2.45, 2.75) is 24.3 Å². The van der Waals surface area contributed by atoms with Gasteiger partial charge < -0.3 is 10.6 Å². The largest absolute Gasteiger partial charge is 0.344 e. The summed E-state index contributed by atoms with van der Waals surface area (Å²) in [6.45, 7) is 2.30. The third-order valence-corrected chi connectivity index (χ3v) is 5.60. The number of rotatable bonds is 8. The van der Waals surface area contributed by atoms with Gasteiger partial charge in [0.15, 0.2) is 0 Å². The topological polar surface area (TPSA) is 92.5 Å². The van der Waals surface area contributed by atoms with Gasteiger partial charge in [0.2, 0.25) is 15.9 Å². The maximum Gasteiger partial charge on any atom is 0.240 e. The highest BCUT2D eigenvalue weighted by molar-refractivity contribution is 7.89. The highest BCUT2D eigenvalue weighted by Gasteiger charge is 2.17. The van der Waals surface area contributed by atoms with E-state index in [-0.39, 0.29) is 36.4 Å². The van der Waals surface area contributed by atoms with Gasteiger partial charge in [0.1, 0.15) is 0 Å². The van der Waals surface area contributed by atoms with E-state index in [4.69, 9.17) is 5.73 Å². The molecule has 0 fully saturated rings. The number of sulfonamides is 1. The van der Waals surface area contributed by atoms with Gasteiger partial charge in [-0.05, 0) is 24.6 Å². The first-order valence-corrected chi connectivity index (χ1v) is 9.89. The van der Waals surface area contributed by atoms with Crippen LogP contribution in [0, 0.1) is 6.92 Å². The van der Waals surface area contributed by atoms with E-state index < -0.39 is 10.0 Å². The van der Waals surface area contributed by atoms with Crippen LogP contribution >= 0.6 is 0 Å². The highest BCUT2D eigenvalue weighted by atomic mass is 32.2. The molecule has 0 aliphatic heterocycles. The molecule has 3 N–H and O–H groups in total. The summed E-state index contributed by atoms with van der Waals surface area (Å²) < 4.78 is 27.0. The second-order valence-electron chi connectivity index (χ2n) is 6.25. The minimum Gasteiger partial charge on any atom is -0.344 e. The van der Waals surface area contributed by atoms with Crippen LogP contribution in [0.4, 0.5) is 0 Å². The Morgan fingerprint density at radius 1 is 1.12 bits per heavy atom. The van der Waals surface area contributed by atoms with Gasteiger partial charge in [-0.1, -0.05) is 48.0 Å². The second-order valence-corrected chi connectivity index (χ2v) is 8.01. The van der Waals surface area contributed by atoms with E-state index in [0.717, 1.165) is 11.1 Å². The summed E-state index contributed by atoms with van der Waals surface area (Å²) in [7, 11) is -1.94. The molecule has 2 rings (SSSR count). The molecule has 0 aliphatic rings. The van der Waals surface area contributed by atoms with Crippen molar-refractivity contribution in [1.82, 2.24) is 9.62 Å². The van der Waals surface area contributed by atoms with Gasteiger partial charge in [-0.2, -0.15) is 0 Å². The van der Waals surface area contributed by atoms with Crippen LogP contribution in [-0.4, -0.2) is 39.4 Å². The van der Waals surface area contributed by atoms with Crippen molar-refractivity contribution >= 4 is 15.9 Å². The average molecular weight is 375 g/mol. The number of likely N-dealkylation sites (N-methyl/N-ethyl adjacent to an activating group) is 1. The molecular formula is C19H25N3O3S. The fourth-order valence-corrected chi connectivity index (χ4v) is 3.46. The van der Waals surface area contributed by atoms with E-state index in [9.17, 15) is 13.2 Å². The SMILES string of the molecule is Cc1ccc(S(=O)(=O)NCCN(C)C(=O)CC(N)c2ccccc2)cc1. The van der Waals surface area contributed by atoms with Gasteiger partial charge in [-0.3, -0.25) is 4.79 Å². The number of hydrogen-bond acceptors (Lipinski definition) is 4. The molecule has 140 valence electrons. The fourth-order valence-electron chi connectivity index (χ4n) is 2.44. The average Bonchev–Trinajstić information content (AvgIpc) is 2.62. The molecule has 2 aromatic carbocycles. The summed E-state index contributed by atoms with van der Waals surface area (Å²) in [5.74, 6) is -0.129. The van der Waals surface area contributed by atoms with Crippen LogP contribution in [0.5, 0.6) is 0 Å². The molecule has 0 aliphatic carbocycles. The Balaban J connectivity index is 1.83. The minimum absolute atomic E-state index is 0.129. The maximum absolute atomic E-state index is 12.3. The standard InChI is InChI=1S/C19H25N3O3S/c1-15-8-10-17(11-9-15)26(24,25)21-12-13-22(2)19(23)14-18(20)16-6-4-3-5-7-16/h3-11,18,21H,12-14,20H2,1-2H3. The molecular weight excluding hydrogens is 350 g/mol. The third-order valence-electron chi connectivity index (χ3n) is 4.12. The summed E-state index contributed by atoms with van der Waals surface area (Å²) in [5.41, 5.74) is 7.95. The van der Waals surface area contributed by atoms with Gasteiger partial charge >= 0.3 is 0 Å². The number of nitrogens with two attached hydrogens (primary N) is 1. The van der Waals surface area contributed by atoms with Crippen molar-refractivity contribution < 1.29 is 13.2 Å². The lowest BCUT2D eigenvalue weighted by atomic mass is 10.0. The van der Waals surface area contributed by atoms with Crippen molar-refractivity contribution in [3.8, 4) is 0 Å². The van der Waals surface area contributed by atoms with Gasteiger partial charge in [-0.15, -0.1) is 0 Å². The zero-order valence-corrected chi connectivity index (χ0v) is 15.9. The van der Waals surface area contributed by atoms with E-state index >= 15 is 0 Å². The zero-order chi connectivity index (χ0) is 19.2. The van der Waals surface area contributed by atoms with E-state index in [0.29, 0.717) is 0 Å². The van der Waals surface area contributed by atoms with E-state index in [2.05, 4.69) is 4.72 Å². The van der Waals surface area contributed by atoms with Gasteiger partial charge in [-0.25, -0.2) is 13.1 Å². The lowest BCUT2D eigenvalue weighted by molar-refractivity contribution is -0.130. The third kappa shape index (κ3) is 5.66. The number of nitrogens with one attached hydrogen (secondary N) is 1. The first kappa shape index (κ1) is 20.1. The number of hydrogen-bond donors (Lipinski definition) is 2. The lowest BCUT2D eigenvalue weighted by Crippen LogP contribution is -2.37. The molecule has 1 unspecified atom stereocenters. The molecule has 0 bridgehead atoms. The minimum atomic E-state index is -3.58. The molecule has 0 heterocycles. The van der Waals surface area contributed by atoms with Crippen LogP contribution in [-0.2, 0) is 14.8 Å². The molecule has 0 spiro atoms. The Morgan fingerprint density at radius 3 is 2.35 bits per heavy atom. The number of carbonyl (C=O) groups is 1. The first-order chi connectivity index (χ1) is 12.3. The molecule has 1 atom stereocenters. The number of carbonyl (C=O) groups excluding carboxylic acids is 1. The zero-order valence-electron chi connectivity index (χ0n) is 15.1. The first-order valence-electron chi connectivity index (χ1n) is 8.40. The lowest BCUT2D eigenvalue weighted by Gasteiger charge is -2.20. The van der Waals surface area contributed by atoms with Crippen molar-refractivity contribution in [3.63, 3.8) is 0 Å². The summed E-state index contributed by atoms with van der Waals surface area (Å²) >= 11 is 0. The predicted octanol–water partition coefficient (Wildman–Crippen LogP) is 1.82. The molecule has 0 aromatic heterocycles. The quantitative estimate of drug-likeness (QED) is 0.736. The van der Waals surface area contributed by atoms with Crippen molar-refractivity contribution in [2.75, 3.05) is 20.1 Å². The molecule has 6 nitrogen and oxygen atoms in total. The van der Waals surface area contributed by atoms with Crippen molar-refractivity contribution in [2.24, 2.45) is 5.73 Å². The van der Waals surface area contributed by atoms with E-state index in [1.165, 1.54) is 4.90 Å². The van der Waals surface area contributed by atoms with Crippen molar-refractivity contribution in [1.29, 1.82) is 0 Å². The maximum atomic E-state index is 12.3. The molecule has 1 amide bonds. The summed E-state index contributed by atoms with van der Waals surface area (Å²) in [4.78, 5) is 14.0. The molecule has 0 saturated carbocycles. The Hall–Kier alpha value is -2.22. The summed E-state index contributed by atoms with van der Waals surface area (Å²) in [6.07, 6.45) is 0.172. The predicted molar refractivity (Wildman–Crippen MR) is 102 cm³/mol. The summed E-state index contributed by atoms with van der Waals surface area (Å²) in [6, 6.07) is 15.6. The van der Waals surface area contributed by atoms with Crippen LogP contribution in [0.15, 0.2) is 59.5 Å². The second kappa shape index (κ2) is 8.93. The molecule has 0 saturated heterocycles. The smallest absolute Gasteiger partial charge is 0.240 e. The van der Waals surface area contributed by atoms with Crippen LogP contribution in [0.3, 0.4) is 0 Å². The van der Waals surface area contributed by atoms with Crippen LogP contribution in [0.1, 0.15) is 23.6 Å². The van der Waals surface area contributed by atoms with Crippen molar-refractivity contribution in [3.05, 3.63) is 65.7 Å². The van der Waals surface area contributed by atoms with Gasteiger partial charge in [0.25, 0.3) is 0 Å². The molecule has 26 heavy (non-hydrogen) atoms. The number of benzene rings is 2. The van der Waals surface area contributed by atoms with Gasteiger partial charge in [0.05, 0.1) is 4.90 Å². The fraction of sp³-hybridized carbons (Fsp3) is 0.316. The van der Waals surface area contributed by atoms with E-state index in [1.54, 1.807) is 31.3 Å².